The fraction of sp³-hybridized carbons (Fsp3) is 0.0769. The van der Waals surface area contributed by atoms with Crippen molar-refractivity contribution in [2.45, 2.75) is 0 Å². The average Bonchev–Trinajstić information content (AvgIpc) is 2.72. The van der Waals surface area contributed by atoms with E-state index in [9.17, 15) is 4.79 Å². The Labute approximate surface area is 97.5 Å². The van der Waals surface area contributed by atoms with Crippen molar-refractivity contribution in [3.63, 3.8) is 0 Å². The SMILES string of the molecule is Cn1ccc2cc(-c3ccc(=O)[nH]n3)ccc21. The summed E-state index contributed by atoms with van der Waals surface area (Å²) >= 11 is 0. The van der Waals surface area contributed by atoms with Crippen molar-refractivity contribution >= 4 is 10.9 Å². The first kappa shape index (κ1) is 9.84. The molecule has 0 bridgehead atoms. The Bertz CT molecular complexity index is 719. The van der Waals surface area contributed by atoms with Gasteiger partial charge in [-0.15, -0.1) is 0 Å². The van der Waals surface area contributed by atoms with Crippen LogP contribution in [0.25, 0.3) is 22.2 Å². The molecular weight excluding hydrogens is 214 g/mol. The van der Waals surface area contributed by atoms with Crippen LogP contribution >= 0.6 is 0 Å². The monoisotopic (exact) mass is 225 g/mol. The maximum absolute atomic E-state index is 10.9. The summed E-state index contributed by atoms with van der Waals surface area (Å²) < 4.78 is 2.07. The molecule has 0 atom stereocenters. The van der Waals surface area contributed by atoms with Crippen LogP contribution in [0.5, 0.6) is 0 Å². The van der Waals surface area contributed by atoms with Crippen LogP contribution in [0.15, 0.2) is 47.4 Å². The third-order valence-corrected chi connectivity index (χ3v) is 2.86. The van der Waals surface area contributed by atoms with Gasteiger partial charge in [0.05, 0.1) is 5.69 Å². The van der Waals surface area contributed by atoms with E-state index >= 15 is 0 Å². The maximum Gasteiger partial charge on any atom is 0.264 e. The van der Waals surface area contributed by atoms with Crippen LogP contribution in [0.2, 0.25) is 0 Å². The van der Waals surface area contributed by atoms with Gasteiger partial charge >= 0.3 is 0 Å². The van der Waals surface area contributed by atoms with Crippen molar-refractivity contribution in [1.29, 1.82) is 0 Å². The second kappa shape index (κ2) is 3.59. The van der Waals surface area contributed by atoms with E-state index in [1.54, 1.807) is 6.07 Å². The van der Waals surface area contributed by atoms with Crippen LogP contribution in [0.1, 0.15) is 0 Å². The highest BCUT2D eigenvalue weighted by Gasteiger charge is 2.02. The number of aromatic amines is 1. The number of hydrogen-bond acceptors (Lipinski definition) is 2. The van der Waals surface area contributed by atoms with Crippen LogP contribution in [0.4, 0.5) is 0 Å². The minimum Gasteiger partial charge on any atom is -0.351 e. The summed E-state index contributed by atoms with van der Waals surface area (Å²) in [5.74, 6) is 0. The third kappa shape index (κ3) is 1.63. The molecule has 0 fully saturated rings. The third-order valence-electron chi connectivity index (χ3n) is 2.86. The summed E-state index contributed by atoms with van der Waals surface area (Å²) in [6.45, 7) is 0. The van der Waals surface area contributed by atoms with E-state index in [1.165, 1.54) is 11.6 Å². The summed E-state index contributed by atoms with van der Waals surface area (Å²) in [5, 5.41) is 7.62. The van der Waals surface area contributed by atoms with Gasteiger partial charge in [-0.1, -0.05) is 6.07 Å². The lowest BCUT2D eigenvalue weighted by atomic mass is 10.1. The van der Waals surface area contributed by atoms with E-state index in [1.807, 2.05) is 19.3 Å². The molecule has 3 aromatic rings. The van der Waals surface area contributed by atoms with Gasteiger partial charge in [-0.3, -0.25) is 4.79 Å². The first-order valence-corrected chi connectivity index (χ1v) is 5.35. The van der Waals surface area contributed by atoms with Crippen LogP contribution in [-0.2, 0) is 7.05 Å². The lowest BCUT2D eigenvalue weighted by molar-refractivity contribution is 0.969. The predicted molar refractivity (Wildman–Crippen MR) is 66.8 cm³/mol. The fourth-order valence-corrected chi connectivity index (χ4v) is 1.95. The van der Waals surface area contributed by atoms with Gasteiger partial charge in [0.2, 0.25) is 0 Å². The minimum atomic E-state index is -0.186. The molecule has 17 heavy (non-hydrogen) atoms. The summed E-state index contributed by atoms with van der Waals surface area (Å²) in [5.41, 5.74) is 2.77. The lowest BCUT2D eigenvalue weighted by Crippen LogP contribution is -2.05. The van der Waals surface area contributed by atoms with Gasteiger partial charge in [0, 0.05) is 35.8 Å². The molecule has 4 heteroatoms. The normalized spacial score (nSPS) is 10.9. The smallest absolute Gasteiger partial charge is 0.264 e. The molecule has 0 aliphatic carbocycles. The summed E-state index contributed by atoms with van der Waals surface area (Å²) in [4.78, 5) is 10.9. The number of fused-ring (bicyclic) bond motifs is 1. The molecular formula is C13H11N3O. The van der Waals surface area contributed by atoms with Gasteiger partial charge in [0.25, 0.3) is 5.56 Å². The molecule has 0 unspecified atom stereocenters. The zero-order valence-electron chi connectivity index (χ0n) is 9.34. The number of nitrogens with one attached hydrogen (secondary N) is 1. The Morgan fingerprint density at radius 1 is 1.18 bits per heavy atom. The van der Waals surface area contributed by atoms with Crippen molar-refractivity contribution in [3.8, 4) is 11.3 Å². The second-order valence-electron chi connectivity index (χ2n) is 4.01. The molecule has 1 N–H and O–H groups in total. The largest absolute Gasteiger partial charge is 0.351 e. The van der Waals surface area contributed by atoms with Gasteiger partial charge in [-0.25, -0.2) is 5.10 Å². The van der Waals surface area contributed by atoms with Gasteiger partial charge in [-0.05, 0) is 24.3 Å². The van der Waals surface area contributed by atoms with Gasteiger partial charge in [0.1, 0.15) is 0 Å². The molecule has 0 spiro atoms. The molecule has 2 heterocycles. The van der Waals surface area contributed by atoms with E-state index in [-0.39, 0.29) is 5.56 Å². The fourth-order valence-electron chi connectivity index (χ4n) is 1.95. The number of rotatable bonds is 1. The highest BCUT2D eigenvalue weighted by Crippen LogP contribution is 2.22. The highest BCUT2D eigenvalue weighted by molar-refractivity contribution is 5.84. The Balaban J connectivity index is 2.17. The number of aromatic nitrogens is 3. The predicted octanol–water partition coefficient (Wildman–Crippen LogP) is 1.93. The first-order chi connectivity index (χ1) is 8.24. The summed E-state index contributed by atoms with van der Waals surface area (Å²) in [6.07, 6.45) is 2.02. The van der Waals surface area contributed by atoms with E-state index in [4.69, 9.17) is 0 Å². The highest BCUT2D eigenvalue weighted by atomic mass is 16.1. The summed E-state index contributed by atoms with van der Waals surface area (Å²) in [6, 6.07) is 11.4. The standard InChI is InChI=1S/C13H11N3O/c1-16-7-6-10-8-9(2-4-12(10)16)11-3-5-13(17)15-14-11/h2-8H,1H3,(H,15,17). The molecule has 3 rings (SSSR count). The molecule has 2 aromatic heterocycles. The zero-order chi connectivity index (χ0) is 11.8. The van der Waals surface area contributed by atoms with Crippen LogP contribution < -0.4 is 5.56 Å². The molecule has 0 saturated carbocycles. The topological polar surface area (TPSA) is 50.7 Å². The molecule has 0 aliphatic rings. The van der Waals surface area contributed by atoms with E-state index in [0.717, 1.165) is 16.6 Å². The minimum absolute atomic E-state index is 0.186. The number of hydrogen-bond donors (Lipinski definition) is 1. The molecule has 0 saturated heterocycles. The molecule has 4 nitrogen and oxygen atoms in total. The van der Waals surface area contributed by atoms with E-state index < -0.39 is 0 Å². The molecule has 1 aromatic carbocycles. The van der Waals surface area contributed by atoms with Crippen molar-refractivity contribution in [2.75, 3.05) is 0 Å². The van der Waals surface area contributed by atoms with Crippen LogP contribution in [0.3, 0.4) is 0 Å². The summed E-state index contributed by atoms with van der Waals surface area (Å²) in [7, 11) is 2.01. The van der Waals surface area contributed by atoms with Gasteiger partial charge < -0.3 is 4.57 Å². The quantitative estimate of drug-likeness (QED) is 0.688. The van der Waals surface area contributed by atoms with Gasteiger partial charge in [-0.2, -0.15) is 5.10 Å². The Kier molecular flexibility index (Phi) is 2.08. The van der Waals surface area contributed by atoms with Crippen molar-refractivity contribution in [2.24, 2.45) is 7.05 Å². The number of aryl methyl sites for hydroxylation is 1. The number of benzene rings is 1. The number of H-pyrrole nitrogens is 1. The maximum atomic E-state index is 10.9. The average molecular weight is 225 g/mol. The molecule has 84 valence electrons. The Hall–Kier alpha value is -2.36. The van der Waals surface area contributed by atoms with E-state index in [0.29, 0.717) is 0 Å². The van der Waals surface area contributed by atoms with E-state index in [2.05, 4.69) is 33.0 Å². The molecule has 0 amide bonds. The molecule has 0 radical (unpaired) electrons. The lowest BCUT2D eigenvalue weighted by Gasteiger charge is -2.01. The first-order valence-electron chi connectivity index (χ1n) is 5.35. The Morgan fingerprint density at radius 3 is 2.82 bits per heavy atom. The van der Waals surface area contributed by atoms with Crippen LogP contribution in [0, 0.1) is 0 Å². The second-order valence-corrected chi connectivity index (χ2v) is 4.01. The van der Waals surface area contributed by atoms with Gasteiger partial charge in [0.15, 0.2) is 0 Å². The van der Waals surface area contributed by atoms with Crippen LogP contribution in [-0.4, -0.2) is 14.8 Å². The van der Waals surface area contributed by atoms with Crippen molar-refractivity contribution in [3.05, 3.63) is 52.9 Å². The van der Waals surface area contributed by atoms with Crippen molar-refractivity contribution in [1.82, 2.24) is 14.8 Å². The van der Waals surface area contributed by atoms with Crippen molar-refractivity contribution < 1.29 is 0 Å². The number of nitrogens with zero attached hydrogens (tertiary/aromatic N) is 2. The molecule has 0 aliphatic heterocycles. The Morgan fingerprint density at radius 2 is 2.06 bits per heavy atom. The zero-order valence-corrected chi connectivity index (χ0v) is 9.34.